The lowest BCUT2D eigenvalue weighted by molar-refractivity contribution is 0.242. The molecule has 2 aromatic heterocycles. The summed E-state index contributed by atoms with van der Waals surface area (Å²) in [7, 11) is 1.94. The van der Waals surface area contributed by atoms with E-state index >= 15 is 0 Å². The van der Waals surface area contributed by atoms with Gasteiger partial charge in [0, 0.05) is 56.3 Å². The summed E-state index contributed by atoms with van der Waals surface area (Å²) in [4.78, 5) is 11.2. The molecule has 0 fully saturated rings. The molecule has 5 heteroatoms. The predicted molar refractivity (Wildman–Crippen MR) is 79.5 cm³/mol. The van der Waals surface area contributed by atoms with Gasteiger partial charge in [0.25, 0.3) is 0 Å². The van der Waals surface area contributed by atoms with Crippen molar-refractivity contribution in [2.24, 2.45) is 7.05 Å². The van der Waals surface area contributed by atoms with Crippen LogP contribution in [0.3, 0.4) is 0 Å². The predicted octanol–water partition coefficient (Wildman–Crippen LogP) is 1.86. The minimum Gasteiger partial charge on any atom is -0.340 e. The van der Waals surface area contributed by atoms with Crippen molar-refractivity contribution in [3.05, 3.63) is 46.3 Å². The maximum Gasteiger partial charge on any atom is 0.125 e. The first-order valence-corrected chi connectivity index (χ1v) is 7.17. The monoisotopic (exact) mass is 281 g/mol. The molecule has 0 unspecified atom stereocenters. The van der Waals surface area contributed by atoms with E-state index in [9.17, 15) is 0 Å². The van der Waals surface area contributed by atoms with Crippen molar-refractivity contribution in [1.29, 1.82) is 5.26 Å². The molecule has 0 saturated carbocycles. The lowest BCUT2D eigenvalue weighted by atomic mass is 10.1. The fourth-order valence-electron chi connectivity index (χ4n) is 2.88. The van der Waals surface area contributed by atoms with Crippen LogP contribution in [0.1, 0.15) is 34.0 Å². The van der Waals surface area contributed by atoms with Crippen LogP contribution in [0.4, 0.5) is 0 Å². The van der Waals surface area contributed by atoms with Gasteiger partial charge in [-0.15, -0.1) is 0 Å². The van der Waals surface area contributed by atoms with Gasteiger partial charge in [-0.3, -0.25) is 4.90 Å². The SMILES string of the molecule is Cc1ncc2c(n1)CCN(Cc1cc(C#N)n(C)c1C)C2. The highest BCUT2D eigenvalue weighted by molar-refractivity contribution is 5.34. The molecule has 0 spiro atoms. The normalized spacial score (nSPS) is 14.8. The van der Waals surface area contributed by atoms with Gasteiger partial charge >= 0.3 is 0 Å². The Morgan fingerprint density at radius 2 is 2.19 bits per heavy atom. The maximum absolute atomic E-state index is 9.12. The van der Waals surface area contributed by atoms with Crippen LogP contribution in [-0.2, 0) is 26.6 Å². The van der Waals surface area contributed by atoms with E-state index in [1.807, 2.05) is 30.8 Å². The first-order chi connectivity index (χ1) is 10.1. The molecular formula is C16H19N5. The second-order valence-corrected chi connectivity index (χ2v) is 5.66. The van der Waals surface area contributed by atoms with E-state index in [4.69, 9.17) is 5.26 Å². The second-order valence-electron chi connectivity index (χ2n) is 5.66. The highest BCUT2D eigenvalue weighted by Crippen LogP contribution is 2.21. The molecular weight excluding hydrogens is 262 g/mol. The summed E-state index contributed by atoms with van der Waals surface area (Å²) in [5.74, 6) is 0.847. The van der Waals surface area contributed by atoms with Gasteiger partial charge in [-0.05, 0) is 25.5 Å². The summed E-state index contributed by atoms with van der Waals surface area (Å²) in [6, 6.07) is 4.24. The van der Waals surface area contributed by atoms with Crippen molar-refractivity contribution in [2.45, 2.75) is 33.4 Å². The largest absolute Gasteiger partial charge is 0.340 e. The number of nitrogens with zero attached hydrogens (tertiary/aromatic N) is 5. The van der Waals surface area contributed by atoms with E-state index in [0.29, 0.717) is 0 Å². The molecule has 0 amide bonds. The Morgan fingerprint density at radius 3 is 2.90 bits per heavy atom. The fourth-order valence-corrected chi connectivity index (χ4v) is 2.88. The van der Waals surface area contributed by atoms with Gasteiger partial charge in [-0.2, -0.15) is 5.26 Å². The van der Waals surface area contributed by atoms with Gasteiger partial charge in [0.15, 0.2) is 0 Å². The van der Waals surface area contributed by atoms with E-state index in [1.54, 1.807) is 0 Å². The van der Waals surface area contributed by atoms with Crippen LogP contribution < -0.4 is 0 Å². The van der Waals surface area contributed by atoms with Gasteiger partial charge in [-0.25, -0.2) is 9.97 Å². The number of rotatable bonds is 2. The van der Waals surface area contributed by atoms with Crippen LogP contribution in [0.15, 0.2) is 12.3 Å². The zero-order valence-electron chi connectivity index (χ0n) is 12.7. The van der Waals surface area contributed by atoms with E-state index < -0.39 is 0 Å². The average molecular weight is 281 g/mol. The molecule has 0 radical (unpaired) electrons. The van der Waals surface area contributed by atoms with Crippen molar-refractivity contribution in [1.82, 2.24) is 19.4 Å². The molecule has 0 N–H and O–H groups in total. The van der Waals surface area contributed by atoms with Gasteiger partial charge in [0.1, 0.15) is 17.6 Å². The first-order valence-electron chi connectivity index (χ1n) is 7.17. The molecule has 21 heavy (non-hydrogen) atoms. The summed E-state index contributed by atoms with van der Waals surface area (Å²) < 4.78 is 1.96. The molecule has 1 aliphatic rings. The molecule has 1 aliphatic heterocycles. The molecule has 0 atom stereocenters. The highest BCUT2D eigenvalue weighted by Gasteiger charge is 2.19. The zero-order valence-corrected chi connectivity index (χ0v) is 12.7. The van der Waals surface area contributed by atoms with Gasteiger partial charge in [-0.1, -0.05) is 0 Å². The topological polar surface area (TPSA) is 57.7 Å². The Kier molecular flexibility index (Phi) is 3.48. The average Bonchev–Trinajstić information content (AvgIpc) is 2.75. The van der Waals surface area contributed by atoms with E-state index in [-0.39, 0.29) is 0 Å². The molecule has 3 heterocycles. The van der Waals surface area contributed by atoms with Crippen molar-refractivity contribution in [3.63, 3.8) is 0 Å². The Morgan fingerprint density at radius 1 is 1.38 bits per heavy atom. The van der Waals surface area contributed by atoms with Gasteiger partial charge < -0.3 is 4.57 Å². The maximum atomic E-state index is 9.12. The van der Waals surface area contributed by atoms with Crippen molar-refractivity contribution >= 4 is 0 Å². The van der Waals surface area contributed by atoms with Crippen LogP contribution in [0.2, 0.25) is 0 Å². The molecule has 108 valence electrons. The Bertz CT molecular complexity index is 723. The molecule has 2 aromatic rings. The standard InChI is InChI=1S/C16H19N5/c1-11-13(6-15(7-17)20(11)3)9-21-5-4-16-14(10-21)8-18-12(2)19-16/h6,8H,4-5,9-10H2,1-3H3. The molecule has 0 saturated heterocycles. The van der Waals surface area contributed by atoms with E-state index in [1.165, 1.54) is 16.8 Å². The van der Waals surface area contributed by atoms with Crippen molar-refractivity contribution in [2.75, 3.05) is 6.54 Å². The fraction of sp³-hybridized carbons (Fsp3) is 0.438. The summed E-state index contributed by atoms with van der Waals surface area (Å²) >= 11 is 0. The summed E-state index contributed by atoms with van der Waals surface area (Å²) in [5, 5.41) is 9.12. The highest BCUT2D eigenvalue weighted by atomic mass is 15.1. The lowest BCUT2D eigenvalue weighted by Crippen LogP contribution is -2.31. The Balaban J connectivity index is 1.79. The molecule has 5 nitrogen and oxygen atoms in total. The van der Waals surface area contributed by atoms with Gasteiger partial charge in [0.05, 0.1) is 0 Å². The summed E-state index contributed by atoms with van der Waals surface area (Å²) in [6.45, 7) is 6.75. The number of aromatic nitrogens is 3. The number of fused-ring (bicyclic) bond motifs is 1. The quantitative estimate of drug-likeness (QED) is 0.843. The summed E-state index contributed by atoms with van der Waals surface area (Å²) in [6.07, 6.45) is 2.91. The number of hydrogen-bond donors (Lipinski definition) is 0. The third-order valence-corrected chi connectivity index (χ3v) is 4.28. The van der Waals surface area contributed by atoms with Crippen LogP contribution in [0.25, 0.3) is 0 Å². The minimum absolute atomic E-state index is 0.721. The first kappa shape index (κ1) is 13.8. The summed E-state index contributed by atoms with van der Waals surface area (Å²) in [5.41, 5.74) is 5.52. The van der Waals surface area contributed by atoms with Crippen LogP contribution >= 0.6 is 0 Å². The molecule has 3 rings (SSSR count). The molecule has 0 bridgehead atoms. The second kappa shape index (κ2) is 5.30. The number of hydrogen-bond acceptors (Lipinski definition) is 4. The third-order valence-electron chi connectivity index (χ3n) is 4.28. The van der Waals surface area contributed by atoms with Gasteiger partial charge in [0.2, 0.25) is 0 Å². The van der Waals surface area contributed by atoms with Crippen LogP contribution in [0, 0.1) is 25.2 Å². The number of nitriles is 1. The van der Waals surface area contributed by atoms with Crippen molar-refractivity contribution in [3.8, 4) is 6.07 Å². The third kappa shape index (κ3) is 2.55. The Labute approximate surface area is 124 Å². The zero-order chi connectivity index (χ0) is 15.0. The van der Waals surface area contributed by atoms with E-state index in [0.717, 1.165) is 43.3 Å². The van der Waals surface area contributed by atoms with Crippen LogP contribution in [-0.4, -0.2) is 26.0 Å². The van der Waals surface area contributed by atoms with Crippen molar-refractivity contribution < 1.29 is 0 Å². The molecule has 0 aromatic carbocycles. The Hall–Kier alpha value is -2.19. The molecule has 0 aliphatic carbocycles. The minimum atomic E-state index is 0.721. The smallest absolute Gasteiger partial charge is 0.125 e. The lowest BCUT2D eigenvalue weighted by Gasteiger charge is -2.27. The van der Waals surface area contributed by atoms with Crippen LogP contribution in [0.5, 0.6) is 0 Å². The number of aryl methyl sites for hydroxylation is 1. The van der Waals surface area contributed by atoms with E-state index in [2.05, 4.69) is 27.9 Å².